The molecule has 18 nitrogen and oxygen atoms in total. The quantitative estimate of drug-likeness (QED) is 0.0499. The van der Waals surface area contributed by atoms with Gasteiger partial charge in [-0.1, -0.05) is 65.7 Å². The predicted octanol–water partition coefficient (Wildman–Crippen LogP) is 13.1. The Morgan fingerprint density at radius 3 is 2.11 bits per heavy atom. The van der Waals surface area contributed by atoms with Crippen LogP contribution in [-0.2, 0) is 14.3 Å². The SMILES string of the molecule is COCOc1cc(-c2ccc3c(N4CC5CCC(C4)N5C(=O)OC(C)(C)C)nc(OCC4(CN5CCN(CC6CCC7(CC6)CCN(C(=O)c6ccc(OC)c(N8CCC(=O)NC8=O)c6)CC7)CC5)CC4)nc3c2F)c2c(C#C[Si](C(C)C)(C(C)C)C(C)C)cccc2c1. The number of rotatable bonds is 18. The number of halogens is 1. The van der Waals surface area contributed by atoms with Gasteiger partial charge in [-0.2, -0.15) is 9.97 Å². The molecule has 2 saturated carbocycles. The number of urea groups is 1. The van der Waals surface area contributed by atoms with E-state index >= 15 is 4.39 Å². The molecule has 1 N–H and O–H groups in total. The topological polar surface area (TPSA) is 172 Å². The fourth-order valence-corrected chi connectivity index (χ4v) is 22.0. The number of ether oxygens (including phenoxy) is 5. The monoisotopic (exact) mass is 1300 g/mol. The molecule has 2 atom stereocenters. The number of nitrogens with one attached hydrogen (secondary N) is 1. The van der Waals surface area contributed by atoms with Crippen molar-refractivity contribution in [2.24, 2.45) is 16.7 Å². The number of nitrogens with zero attached hydrogens (tertiary/aromatic N) is 8. The molecule has 5 aliphatic heterocycles. The van der Waals surface area contributed by atoms with E-state index in [0.29, 0.717) is 100 Å². The maximum absolute atomic E-state index is 18.4. The van der Waals surface area contributed by atoms with Crippen LogP contribution >= 0.6 is 0 Å². The summed E-state index contributed by atoms with van der Waals surface area (Å²) in [4.78, 5) is 75.2. The van der Waals surface area contributed by atoms with E-state index in [1.807, 2.05) is 67.0 Å². The molecule has 2 unspecified atom stereocenters. The molecule has 1 spiro atoms. The summed E-state index contributed by atoms with van der Waals surface area (Å²) in [6, 6.07) is 18.4. The standard InChI is InChI=1S/C74H98FN9O9Si/c1-48(2)94(49(3)4,50(5)6)38-24-52-13-12-14-53-39-57(92-47-89-10)41-60(64(52)53)58-18-19-59-66(65(58)75)77-69(78-67(59)82-43-55-16-17-56(44-82)84(55)71(88)93-72(7,8)9)91-46-74(27-28-74)45-80-36-34-79(35-37-80)42-51-21-25-73(26-22-51)29-32-81(33-30-73)68(86)54-15-20-62(90-11)61(40-54)83-31-23-63(85)76-70(83)87/h12-15,18-20,39-41,48-51,55-56H,16-17,21-23,25-37,42-47H2,1-11H3,(H,76,85,87). The highest BCUT2D eigenvalue weighted by atomic mass is 28.3. The van der Waals surface area contributed by atoms with Gasteiger partial charge in [0.25, 0.3) is 5.91 Å². The van der Waals surface area contributed by atoms with E-state index in [-0.39, 0.29) is 72.1 Å². The number of hydrogen-bond acceptors (Lipinski definition) is 14. The summed E-state index contributed by atoms with van der Waals surface area (Å²) < 4.78 is 48.1. The van der Waals surface area contributed by atoms with Gasteiger partial charge in [0.2, 0.25) is 5.91 Å². The van der Waals surface area contributed by atoms with E-state index < -0.39 is 25.5 Å². The number of piperidine rings is 1. The normalized spacial score (nSPS) is 21.1. The molecule has 504 valence electrons. The van der Waals surface area contributed by atoms with Gasteiger partial charge in [0, 0.05) is 118 Å². The van der Waals surface area contributed by atoms with Crippen LogP contribution in [0.4, 0.5) is 25.5 Å². The Labute approximate surface area is 555 Å². The van der Waals surface area contributed by atoms with Gasteiger partial charge in [0.15, 0.2) is 12.6 Å². The van der Waals surface area contributed by atoms with Crippen molar-refractivity contribution in [1.82, 2.24) is 34.9 Å². The van der Waals surface area contributed by atoms with Crippen LogP contribution in [0.3, 0.4) is 0 Å². The average molecular weight is 1300 g/mol. The van der Waals surface area contributed by atoms with E-state index in [1.54, 1.807) is 25.3 Å². The minimum Gasteiger partial charge on any atom is -0.495 e. The first-order chi connectivity index (χ1) is 45.0. The Kier molecular flexibility index (Phi) is 19.4. The minimum atomic E-state index is -2.15. The number of carbonyl (C=O) groups excluding carboxylic acids is 4. The number of benzene rings is 4. The lowest BCUT2D eigenvalue weighted by atomic mass is 9.65. The van der Waals surface area contributed by atoms with Gasteiger partial charge < -0.3 is 43.3 Å². The summed E-state index contributed by atoms with van der Waals surface area (Å²) in [5, 5.41) is 4.67. The number of methoxy groups -OCH3 is 2. The van der Waals surface area contributed by atoms with Crippen LogP contribution in [0.25, 0.3) is 32.8 Å². The number of imide groups is 1. The molecular weight excluding hydrogens is 1210 g/mol. The molecule has 7 fully saturated rings. The Balaban J connectivity index is 0.727. The third-order valence-corrected chi connectivity index (χ3v) is 28.4. The number of anilines is 2. The third kappa shape index (κ3) is 13.8. The zero-order valence-electron chi connectivity index (χ0n) is 57.3. The summed E-state index contributed by atoms with van der Waals surface area (Å²) in [7, 11) is 0.965. The van der Waals surface area contributed by atoms with E-state index in [4.69, 9.17) is 33.7 Å². The highest BCUT2D eigenvalue weighted by Crippen LogP contribution is 2.50. The van der Waals surface area contributed by atoms with Crippen LogP contribution in [0.5, 0.6) is 17.5 Å². The minimum absolute atomic E-state index is 0.0266. The average Bonchev–Trinajstić information content (AvgIpc) is 0.984. The molecule has 2 bridgehead atoms. The Morgan fingerprint density at radius 2 is 1.47 bits per heavy atom. The second kappa shape index (κ2) is 27.2. The maximum Gasteiger partial charge on any atom is 0.410 e. The highest BCUT2D eigenvalue weighted by molar-refractivity contribution is 6.90. The van der Waals surface area contributed by atoms with Gasteiger partial charge in [-0.25, -0.2) is 14.0 Å². The molecule has 6 heterocycles. The molecule has 12 rings (SSSR count). The van der Waals surface area contributed by atoms with E-state index in [9.17, 15) is 19.2 Å². The van der Waals surface area contributed by atoms with Crippen molar-refractivity contribution in [1.29, 1.82) is 0 Å². The molecular formula is C74H98FN9O9Si. The number of fused-ring (bicyclic) bond motifs is 4. The number of carbonyl (C=O) groups is 4. The number of aromatic nitrogens is 2. The smallest absolute Gasteiger partial charge is 0.410 e. The van der Waals surface area contributed by atoms with Gasteiger partial charge in [-0.05, 0) is 166 Å². The lowest BCUT2D eigenvalue weighted by Crippen LogP contribution is -2.57. The van der Waals surface area contributed by atoms with Crippen LogP contribution in [-0.4, -0.2) is 179 Å². The molecule has 5 aromatic rings. The van der Waals surface area contributed by atoms with E-state index in [1.165, 1.54) is 37.7 Å². The van der Waals surface area contributed by atoms with Crippen molar-refractivity contribution in [2.75, 3.05) is 109 Å². The van der Waals surface area contributed by atoms with Crippen LogP contribution in [0.1, 0.15) is 149 Å². The van der Waals surface area contributed by atoms with Crippen LogP contribution in [0, 0.1) is 34.0 Å². The molecule has 5 amide bonds. The van der Waals surface area contributed by atoms with Gasteiger partial charge in [0.05, 0.1) is 31.5 Å². The van der Waals surface area contributed by atoms with Gasteiger partial charge in [-0.15, -0.1) is 5.54 Å². The molecule has 7 aliphatic rings. The zero-order chi connectivity index (χ0) is 66.4. The fraction of sp³-hybridized carbons (Fsp3) is 0.595. The predicted molar refractivity (Wildman–Crippen MR) is 368 cm³/mol. The molecule has 1 aromatic heterocycles. The second-order valence-corrected chi connectivity index (χ2v) is 35.7. The summed E-state index contributed by atoms with van der Waals surface area (Å²) in [5.41, 5.74) is 7.82. The Bertz CT molecular complexity index is 3690. The summed E-state index contributed by atoms with van der Waals surface area (Å²) in [5.74, 6) is 5.14. The van der Waals surface area contributed by atoms with Crippen LogP contribution < -0.4 is 29.3 Å². The van der Waals surface area contributed by atoms with Gasteiger partial charge >= 0.3 is 18.1 Å². The highest BCUT2D eigenvalue weighted by Gasteiger charge is 2.48. The van der Waals surface area contributed by atoms with Gasteiger partial charge in [0.1, 0.15) is 36.5 Å². The molecule has 94 heavy (non-hydrogen) atoms. The molecule has 4 aromatic carbocycles. The summed E-state index contributed by atoms with van der Waals surface area (Å²) >= 11 is 0. The maximum atomic E-state index is 18.4. The van der Waals surface area contributed by atoms with Crippen molar-refractivity contribution in [2.45, 2.75) is 167 Å². The molecule has 2 aliphatic carbocycles. The third-order valence-electron chi connectivity index (χ3n) is 22.1. The van der Waals surface area contributed by atoms with Crippen molar-refractivity contribution in [3.63, 3.8) is 0 Å². The number of amides is 5. The Morgan fingerprint density at radius 1 is 0.777 bits per heavy atom. The van der Waals surface area contributed by atoms with Gasteiger partial charge in [-0.3, -0.25) is 24.7 Å². The number of likely N-dealkylation sites (tertiary alicyclic amines) is 1. The lowest BCUT2D eigenvalue weighted by molar-refractivity contribution is -0.120. The van der Waals surface area contributed by atoms with Crippen molar-refractivity contribution < 1.29 is 47.3 Å². The number of piperazine rings is 2. The molecule has 0 radical (unpaired) electrons. The largest absolute Gasteiger partial charge is 0.495 e. The van der Waals surface area contributed by atoms with E-state index in [2.05, 4.69) is 79.1 Å². The first-order valence-corrected chi connectivity index (χ1v) is 36.9. The molecule has 5 saturated heterocycles. The number of hydrogen-bond donors (Lipinski definition) is 1. The fourth-order valence-electron chi connectivity index (χ4n) is 16.7. The first kappa shape index (κ1) is 66.9. The first-order valence-electron chi connectivity index (χ1n) is 34.6. The van der Waals surface area contributed by atoms with Crippen LogP contribution in [0.15, 0.2) is 60.7 Å². The zero-order valence-corrected chi connectivity index (χ0v) is 58.3. The van der Waals surface area contributed by atoms with Crippen molar-refractivity contribution >= 4 is 65.2 Å². The summed E-state index contributed by atoms with van der Waals surface area (Å²) in [6.07, 6.45) is 10.3. The molecule has 20 heteroatoms. The lowest BCUT2D eigenvalue weighted by Gasteiger charge is -2.47. The van der Waals surface area contributed by atoms with Crippen LogP contribution in [0.2, 0.25) is 16.6 Å². The van der Waals surface area contributed by atoms with E-state index in [0.717, 1.165) is 94.1 Å². The summed E-state index contributed by atoms with van der Waals surface area (Å²) in [6.45, 7) is 28.7. The second-order valence-electron chi connectivity index (χ2n) is 30.1. The van der Waals surface area contributed by atoms with Crippen molar-refractivity contribution in [3.8, 4) is 40.1 Å². The van der Waals surface area contributed by atoms with Crippen molar-refractivity contribution in [3.05, 3.63) is 77.6 Å². The Hall–Kier alpha value is -7.05.